The van der Waals surface area contributed by atoms with Crippen LogP contribution in [0.4, 0.5) is 10.1 Å². The highest BCUT2D eigenvalue weighted by Crippen LogP contribution is 2.35. The standard InChI is InChI=1S/C15H18FN3O/c1-10(2)15(5-6-18-9-15)14(20)19-13-4-3-11(8-17)7-12(13)16/h3-4,7,10,18H,5-6,9H2,1-2H3,(H,19,20). The molecule has 0 aromatic heterocycles. The Balaban J connectivity index is 2.21. The molecule has 0 spiro atoms. The van der Waals surface area contributed by atoms with Crippen LogP contribution >= 0.6 is 0 Å². The van der Waals surface area contributed by atoms with Gasteiger partial charge in [-0.1, -0.05) is 13.8 Å². The molecular formula is C15H18FN3O. The predicted molar refractivity (Wildman–Crippen MR) is 74.5 cm³/mol. The molecule has 1 aromatic carbocycles. The minimum absolute atomic E-state index is 0.126. The van der Waals surface area contributed by atoms with Crippen molar-refractivity contribution in [3.63, 3.8) is 0 Å². The van der Waals surface area contributed by atoms with Crippen LogP contribution in [-0.4, -0.2) is 19.0 Å². The molecule has 1 amide bonds. The van der Waals surface area contributed by atoms with Gasteiger partial charge in [0.1, 0.15) is 5.82 Å². The summed E-state index contributed by atoms with van der Waals surface area (Å²) < 4.78 is 13.8. The van der Waals surface area contributed by atoms with Crippen LogP contribution in [0.15, 0.2) is 18.2 Å². The number of halogens is 1. The first-order valence-corrected chi connectivity index (χ1v) is 6.71. The molecule has 1 unspecified atom stereocenters. The van der Waals surface area contributed by atoms with Crippen molar-refractivity contribution in [2.45, 2.75) is 20.3 Å². The van der Waals surface area contributed by atoms with E-state index < -0.39 is 11.2 Å². The molecule has 0 aliphatic carbocycles. The number of nitrogens with zero attached hydrogens (tertiary/aromatic N) is 1. The summed E-state index contributed by atoms with van der Waals surface area (Å²) in [6.45, 7) is 5.40. The van der Waals surface area contributed by atoms with Gasteiger partial charge in [-0.3, -0.25) is 4.79 Å². The van der Waals surface area contributed by atoms with Crippen LogP contribution in [0, 0.1) is 28.5 Å². The molecule has 20 heavy (non-hydrogen) atoms. The molecule has 1 fully saturated rings. The van der Waals surface area contributed by atoms with Crippen molar-refractivity contribution in [1.29, 1.82) is 5.26 Å². The third-order valence-electron chi connectivity index (χ3n) is 4.09. The molecule has 0 saturated carbocycles. The molecule has 1 atom stereocenters. The van der Waals surface area contributed by atoms with E-state index in [0.29, 0.717) is 6.54 Å². The molecule has 4 nitrogen and oxygen atoms in total. The second-order valence-corrected chi connectivity index (χ2v) is 5.50. The molecule has 0 bridgehead atoms. The Morgan fingerprint density at radius 1 is 1.55 bits per heavy atom. The second kappa shape index (κ2) is 5.59. The van der Waals surface area contributed by atoms with Gasteiger partial charge < -0.3 is 10.6 Å². The predicted octanol–water partition coefficient (Wildman–Crippen LogP) is 2.27. The number of benzene rings is 1. The molecule has 1 aliphatic heterocycles. The summed E-state index contributed by atoms with van der Waals surface area (Å²) in [5.41, 5.74) is -0.136. The van der Waals surface area contributed by atoms with Crippen LogP contribution < -0.4 is 10.6 Å². The smallest absolute Gasteiger partial charge is 0.232 e. The van der Waals surface area contributed by atoms with E-state index in [2.05, 4.69) is 10.6 Å². The third kappa shape index (κ3) is 2.52. The van der Waals surface area contributed by atoms with Gasteiger partial charge in [-0.15, -0.1) is 0 Å². The molecular weight excluding hydrogens is 257 g/mol. The van der Waals surface area contributed by atoms with Gasteiger partial charge in [0.25, 0.3) is 0 Å². The number of hydrogen-bond acceptors (Lipinski definition) is 3. The lowest BCUT2D eigenvalue weighted by Crippen LogP contribution is -2.42. The summed E-state index contributed by atoms with van der Waals surface area (Å²) in [4.78, 5) is 12.5. The number of carbonyl (C=O) groups is 1. The largest absolute Gasteiger partial charge is 0.323 e. The zero-order valence-electron chi connectivity index (χ0n) is 11.7. The van der Waals surface area contributed by atoms with E-state index in [1.807, 2.05) is 19.9 Å². The Bertz CT molecular complexity index is 557. The molecule has 106 valence electrons. The number of hydrogen-bond donors (Lipinski definition) is 2. The number of nitriles is 1. The van der Waals surface area contributed by atoms with Gasteiger partial charge in [-0.25, -0.2) is 4.39 Å². The Hall–Kier alpha value is -1.93. The Morgan fingerprint density at radius 2 is 2.30 bits per heavy atom. The lowest BCUT2D eigenvalue weighted by atomic mass is 9.75. The third-order valence-corrected chi connectivity index (χ3v) is 4.09. The van der Waals surface area contributed by atoms with E-state index >= 15 is 0 Å². The van der Waals surface area contributed by atoms with Gasteiger partial charge in [0.15, 0.2) is 0 Å². The van der Waals surface area contributed by atoms with Crippen LogP contribution in [0.25, 0.3) is 0 Å². The van der Waals surface area contributed by atoms with E-state index in [9.17, 15) is 9.18 Å². The number of carbonyl (C=O) groups excluding carboxylic acids is 1. The summed E-state index contributed by atoms with van der Waals surface area (Å²) in [7, 11) is 0. The average molecular weight is 275 g/mol. The number of nitrogens with one attached hydrogen (secondary N) is 2. The zero-order chi connectivity index (χ0) is 14.8. The second-order valence-electron chi connectivity index (χ2n) is 5.50. The summed E-state index contributed by atoms with van der Waals surface area (Å²) in [6, 6.07) is 5.92. The van der Waals surface area contributed by atoms with Crippen LogP contribution in [0.5, 0.6) is 0 Å². The maximum absolute atomic E-state index is 13.8. The van der Waals surface area contributed by atoms with Crippen molar-refractivity contribution in [2.75, 3.05) is 18.4 Å². The van der Waals surface area contributed by atoms with Gasteiger partial charge in [0.05, 0.1) is 22.7 Å². The first kappa shape index (κ1) is 14.5. The molecule has 1 heterocycles. The van der Waals surface area contributed by atoms with Gasteiger partial charge in [0.2, 0.25) is 5.91 Å². The summed E-state index contributed by atoms with van der Waals surface area (Å²) in [5.74, 6) is -0.581. The molecule has 1 saturated heterocycles. The average Bonchev–Trinajstić information content (AvgIpc) is 2.91. The van der Waals surface area contributed by atoms with Gasteiger partial charge in [-0.2, -0.15) is 5.26 Å². The van der Waals surface area contributed by atoms with Crippen molar-refractivity contribution in [1.82, 2.24) is 5.32 Å². The quantitative estimate of drug-likeness (QED) is 0.889. The highest BCUT2D eigenvalue weighted by atomic mass is 19.1. The Morgan fingerprint density at radius 3 is 2.80 bits per heavy atom. The van der Waals surface area contributed by atoms with Crippen molar-refractivity contribution in [2.24, 2.45) is 11.3 Å². The molecule has 0 radical (unpaired) electrons. The molecule has 1 aromatic rings. The lowest BCUT2D eigenvalue weighted by Gasteiger charge is -2.31. The highest BCUT2D eigenvalue weighted by molar-refractivity contribution is 5.96. The van der Waals surface area contributed by atoms with Gasteiger partial charge >= 0.3 is 0 Å². The first-order valence-electron chi connectivity index (χ1n) is 6.71. The van der Waals surface area contributed by atoms with E-state index in [4.69, 9.17) is 5.26 Å². The van der Waals surface area contributed by atoms with Crippen LogP contribution in [0.3, 0.4) is 0 Å². The first-order chi connectivity index (χ1) is 9.49. The zero-order valence-corrected chi connectivity index (χ0v) is 11.7. The van der Waals surface area contributed by atoms with E-state index in [1.54, 1.807) is 0 Å². The fourth-order valence-corrected chi connectivity index (χ4v) is 2.59. The number of amides is 1. The van der Waals surface area contributed by atoms with E-state index in [-0.39, 0.29) is 23.1 Å². The Kier molecular flexibility index (Phi) is 4.05. The molecule has 2 rings (SSSR count). The topological polar surface area (TPSA) is 64.9 Å². The van der Waals surface area contributed by atoms with Crippen molar-refractivity contribution < 1.29 is 9.18 Å². The van der Waals surface area contributed by atoms with Crippen molar-refractivity contribution >= 4 is 11.6 Å². The van der Waals surface area contributed by atoms with E-state index in [0.717, 1.165) is 19.0 Å². The number of rotatable bonds is 3. The number of anilines is 1. The van der Waals surface area contributed by atoms with Gasteiger partial charge in [0, 0.05) is 6.54 Å². The van der Waals surface area contributed by atoms with Crippen LogP contribution in [-0.2, 0) is 4.79 Å². The van der Waals surface area contributed by atoms with E-state index in [1.165, 1.54) is 12.1 Å². The molecule has 2 N–H and O–H groups in total. The van der Waals surface area contributed by atoms with Crippen molar-refractivity contribution in [3.05, 3.63) is 29.6 Å². The highest BCUT2D eigenvalue weighted by Gasteiger charge is 2.44. The fourth-order valence-electron chi connectivity index (χ4n) is 2.59. The fraction of sp³-hybridized carbons (Fsp3) is 0.467. The van der Waals surface area contributed by atoms with Crippen molar-refractivity contribution in [3.8, 4) is 6.07 Å². The monoisotopic (exact) mass is 275 g/mol. The Labute approximate surface area is 118 Å². The maximum atomic E-state index is 13.8. The van der Waals surface area contributed by atoms with Crippen LogP contribution in [0.1, 0.15) is 25.8 Å². The summed E-state index contributed by atoms with van der Waals surface area (Å²) in [5, 5.41) is 14.6. The lowest BCUT2D eigenvalue weighted by molar-refractivity contribution is -0.126. The summed E-state index contributed by atoms with van der Waals surface area (Å²) in [6.07, 6.45) is 0.744. The minimum atomic E-state index is -0.581. The normalized spacial score (nSPS) is 21.8. The minimum Gasteiger partial charge on any atom is -0.323 e. The van der Waals surface area contributed by atoms with Gasteiger partial charge in [-0.05, 0) is 37.1 Å². The summed E-state index contributed by atoms with van der Waals surface area (Å²) >= 11 is 0. The van der Waals surface area contributed by atoms with Crippen LogP contribution in [0.2, 0.25) is 0 Å². The molecule has 5 heteroatoms. The maximum Gasteiger partial charge on any atom is 0.232 e. The SMILES string of the molecule is CC(C)C1(C(=O)Nc2ccc(C#N)cc2F)CCNC1. The molecule has 1 aliphatic rings.